The fourth-order valence-electron chi connectivity index (χ4n) is 2.87. The molecule has 2 atom stereocenters. The van der Waals surface area contributed by atoms with Gasteiger partial charge >= 0.3 is 0 Å². The molecule has 3 nitrogen and oxygen atoms in total. The number of hydrogen-bond acceptors (Lipinski definition) is 4. The van der Waals surface area contributed by atoms with Crippen molar-refractivity contribution in [2.24, 2.45) is 5.92 Å². The molecule has 0 spiro atoms. The zero-order chi connectivity index (χ0) is 15.2. The van der Waals surface area contributed by atoms with Crippen LogP contribution in [-0.2, 0) is 6.42 Å². The summed E-state index contributed by atoms with van der Waals surface area (Å²) in [4.78, 5) is 9.45. The van der Waals surface area contributed by atoms with Crippen LogP contribution in [0.2, 0.25) is 0 Å². The van der Waals surface area contributed by atoms with E-state index in [0.29, 0.717) is 0 Å². The lowest BCUT2D eigenvalue weighted by atomic mass is 9.91. The van der Waals surface area contributed by atoms with Crippen LogP contribution in [-0.4, -0.2) is 21.8 Å². The van der Waals surface area contributed by atoms with E-state index >= 15 is 0 Å². The van der Waals surface area contributed by atoms with Gasteiger partial charge in [-0.3, -0.25) is 0 Å². The normalized spacial score (nSPS) is 22.3. The lowest BCUT2D eigenvalue weighted by molar-refractivity contribution is 0.394. The predicted molar refractivity (Wildman–Crippen MR) is 92.2 cm³/mol. The molecule has 2 rings (SSSR count). The first-order valence-electron chi connectivity index (χ1n) is 8.42. The average molecular weight is 308 g/mol. The summed E-state index contributed by atoms with van der Waals surface area (Å²) in [5, 5.41) is 5.38. The summed E-state index contributed by atoms with van der Waals surface area (Å²) in [5.41, 5.74) is 1.23. The van der Waals surface area contributed by atoms with Gasteiger partial charge in [-0.2, -0.15) is 0 Å². The summed E-state index contributed by atoms with van der Waals surface area (Å²) >= 11 is 1.98. The van der Waals surface area contributed by atoms with Gasteiger partial charge in [-0.15, -0.1) is 11.8 Å². The molecule has 1 aromatic heterocycles. The highest BCUT2D eigenvalue weighted by Gasteiger charge is 2.22. The maximum Gasteiger partial charge on any atom is 0.133 e. The minimum Gasteiger partial charge on any atom is -0.370 e. The van der Waals surface area contributed by atoms with Crippen molar-refractivity contribution in [2.75, 3.05) is 11.9 Å². The third-order valence-corrected chi connectivity index (χ3v) is 5.55. The Morgan fingerprint density at radius 3 is 2.71 bits per heavy atom. The maximum atomic E-state index is 4.79. The zero-order valence-corrected chi connectivity index (χ0v) is 14.7. The van der Waals surface area contributed by atoms with Gasteiger partial charge < -0.3 is 5.32 Å². The first-order valence-corrected chi connectivity index (χ1v) is 9.30. The Bertz CT molecular complexity index is 462. The molecule has 1 aliphatic rings. The van der Waals surface area contributed by atoms with Gasteiger partial charge in [0.25, 0.3) is 0 Å². The highest BCUT2D eigenvalue weighted by molar-refractivity contribution is 7.99. The number of nitrogens with one attached hydrogen (secondary N) is 1. The highest BCUT2D eigenvalue weighted by atomic mass is 32.2. The number of anilines is 1. The Hall–Kier alpha value is -0.770. The van der Waals surface area contributed by atoms with Crippen LogP contribution >= 0.6 is 11.8 Å². The SMILES string of the molecule is CCCNc1nc(CC)nc(SC2CCCC(C)C2)c1C. The Balaban J connectivity index is 2.16. The lowest BCUT2D eigenvalue weighted by Crippen LogP contribution is -2.16. The molecule has 0 bridgehead atoms. The van der Waals surface area contributed by atoms with Crippen molar-refractivity contribution < 1.29 is 0 Å². The summed E-state index contributed by atoms with van der Waals surface area (Å²) in [6.07, 6.45) is 7.43. The van der Waals surface area contributed by atoms with Gasteiger partial charge in [-0.25, -0.2) is 9.97 Å². The molecule has 0 saturated heterocycles. The summed E-state index contributed by atoms with van der Waals surface area (Å²) in [5.74, 6) is 2.86. The molecule has 1 N–H and O–H groups in total. The van der Waals surface area contributed by atoms with Crippen LogP contribution in [0.1, 0.15) is 64.3 Å². The average Bonchev–Trinajstić information content (AvgIpc) is 2.48. The van der Waals surface area contributed by atoms with Crippen LogP contribution in [0.3, 0.4) is 0 Å². The van der Waals surface area contributed by atoms with E-state index in [1.807, 2.05) is 11.8 Å². The smallest absolute Gasteiger partial charge is 0.133 e. The molecule has 21 heavy (non-hydrogen) atoms. The fraction of sp³-hybridized carbons (Fsp3) is 0.765. The third-order valence-electron chi connectivity index (χ3n) is 4.17. The van der Waals surface area contributed by atoms with Gasteiger partial charge in [0, 0.05) is 23.8 Å². The van der Waals surface area contributed by atoms with Crippen LogP contribution in [0.25, 0.3) is 0 Å². The number of nitrogens with zero attached hydrogens (tertiary/aromatic N) is 2. The molecule has 4 heteroatoms. The largest absolute Gasteiger partial charge is 0.370 e. The van der Waals surface area contributed by atoms with Gasteiger partial charge in [0.05, 0.1) is 0 Å². The molecule has 1 aliphatic carbocycles. The predicted octanol–water partition coefficient (Wildman–Crippen LogP) is 4.84. The minimum atomic E-state index is 0.728. The van der Waals surface area contributed by atoms with E-state index in [1.165, 1.54) is 36.3 Å². The van der Waals surface area contributed by atoms with E-state index < -0.39 is 0 Å². The zero-order valence-electron chi connectivity index (χ0n) is 13.9. The standard InChI is InChI=1S/C17H29N3S/c1-5-10-18-16-13(4)17(20-15(6-2)19-16)21-14-9-7-8-12(3)11-14/h12,14H,5-11H2,1-4H3,(H,18,19,20). The second-order valence-electron chi connectivity index (χ2n) is 6.21. The molecule has 1 heterocycles. The van der Waals surface area contributed by atoms with E-state index in [2.05, 4.69) is 38.0 Å². The van der Waals surface area contributed by atoms with Gasteiger partial charge in [0.1, 0.15) is 16.7 Å². The van der Waals surface area contributed by atoms with Crippen molar-refractivity contribution >= 4 is 17.6 Å². The molecule has 1 fully saturated rings. The molecular formula is C17H29N3S. The molecule has 2 unspecified atom stereocenters. The Kier molecular flexibility index (Phi) is 6.34. The van der Waals surface area contributed by atoms with Crippen molar-refractivity contribution in [3.63, 3.8) is 0 Å². The summed E-state index contributed by atoms with van der Waals surface area (Å²) < 4.78 is 0. The summed E-state index contributed by atoms with van der Waals surface area (Å²) in [6.45, 7) is 9.83. The van der Waals surface area contributed by atoms with Crippen LogP contribution in [0.4, 0.5) is 5.82 Å². The van der Waals surface area contributed by atoms with Crippen molar-refractivity contribution in [1.82, 2.24) is 9.97 Å². The molecular weight excluding hydrogens is 278 g/mol. The maximum absolute atomic E-state index is 4.79. The van der Waals surface area contributed by atoms with Gasteiger partial charge in [0.15, 0.2) is 0 Å². The van der Waals surface area contributed by atoms with Crippen LogP contribution < -0.4 is 5.32 Å². The van der Waals surface area contributed by atoms with Crippen LogP contribution in [0.15, 0.2) is 5.03 Å². The molecule has 1 saturated carbocycles. The second-order valence-corrected chi connectivity index (χ2v) is 7.50. The summed E-state index contributed by atoms with van der Waals surface area (Å²) in [6, 6.07) is 0. The first kappa shape index (κ1) is 16.6. The number of aryl methyl sites for hydroxylation is 1. The quantitative estimate of drug-likeness (QED) is 0.763. The molecule has 0 aliphatic heterocycles. The van der Waals surface area contributed by atoms with Gasteiger partial charge in [-0.05, 0) is 32.1 Å². The lowest BCUT2D eigenvalue weighted by Gasteiger charge is -2.26. The monoisotopic (exact) mass is 307 g/mol. The Morgan fingerprint density at radius 1 is 1.24 bits per heavy atom. The number of aromatic nitrogens is 2. The first-order chi connectivity index (χ1) is 10.1. The number of thioether (sulfide) groups is 1. The number of rotatable bonds is 6. The van der Waals surface area contributed by atoms with Crippen molar-refractivity contribution in [3.8, 4) is 0 Å². The topological polar surface area (TPSA) is 37.8 Å². The summed E-state index contributed by atoms with van der Waals surface area (Å²) in [7, 11) is 0. The fourth-order valence-corrected chi connectivity index (χ4v) is 4.33. The molecule has 0 radical (unpaired) electrons. The van der Waals surface area contributed by atoms with E-state index in [9.17, 15) is 0 Å². The van der Waals surface area contributed by atoms with E-state index in [4.69, 9.17) is 4.98 Å². The van der Waals surface area contributed by atoms with Crippen molar-refractivity contribution in [3.05, 3.63) is 11.4 Å². The van der Waals surface area contributed by atoms with E-state index in [-0.39, 0.29) is 0 Å². The molecule has 0 amide bonds. The third kappa shape index (κ3) is 4.60. The molecule has 118 valence electrons. The van der Waals surface area contributed by atoms with E-state index in [1.54, 1.807) is 0 Å². The van der Waals surface area contributed by atoms with Crippen LogP contribution in [0, 0.1) is 12.8 Å². The molecule has 1 aromatic rings. The highest BCUT2D eigenvalue weighted by Crippen LogP contribution is 2.37. The Morgan fingerprint density at radius 2 is 2.05 bits per heavy atom. The molecule has 0 aromatic carbocycles. The van der Waals surface area contributed by atoms with Gasteiger partial charge in [0.2, 0.25) is 0 Å². The Labute approximate surface area is 133 Å². The van der Waals surface area contributed by atoms with Crippen molar-refractivity contribution in [1.29, 1.82) is 0 Å². The van der Waals surface area contributed by atoms with Gasteiger partial charge in [-0.1, -0.05) is 33.6 Å². The van der Waals surface area contributed by atoms with Crippen LogP contribution in [0.5, 0.6) is 0 Å². The minimum absolute atomic E-state index is 0.728. The van der Waals surface area contributed by atoms with Crippen molar-refractivity contribution in [2.45, 2.75) is 76.5 Å². The van der Waals surface area contributed by atoms with E-state index in [0.717, 1.165) is 42.2 Å². The second kappa shape index (κ2) is 8.02. The number of hydrogen-bond donors (Lipinski definition) is 1.